The first kappa shape index (κ1) is 68.0. The fourth-order valence-corrected chi connectivity index (χ4v) is 13.5. The SMILES string of the molecule is CCN=c1cc2oc3cc(NCC)c(C)cc3c(-c3ccc(C(=O)NOCCOCCOCCOCCC(=O)NCC(C)(C)SSCOC4C[C@H](n5ccc(=O)[nH]c5=O)O[C@@H]4COP(=O)(O)OP(=O)(O)OP(=O)(O)O)cc3C(=O)O)c-2cc1C. The zero-order valence-electron chi connectivity index (χ0n) is 46.5. The lowest BCUT2D eigenvalue weighted by Crippen LogP contribution is -2.36. The molecule has 1 saturated heterocycles. The number of hydrogen-bond acceptors (Lipinski definition) is 22. The highest BCUT2D eigenvalue weighted by atomic mass is 33.1. The number of fused-ring (bicyclic) bond motifs is 2. The number of nitrogens with one attached hydrogen (secondary N) is 4. The molecule has 9 N–H and O–H groups in total. The van der Waals surface area contributed by atoms with Crippen molar-refractivity contribution in [2.45, 2.75) is 77.6 Å². The number of benzene rings is 3. The number of aromatic amines is 1. The summed E-state index contributed by atoms with van der Waals surface area (Å²) < 4.78 is 82.6. The molecule has 3 aromatic rings. The fraction of sp³-hybridized carbons (Fsp3) is 0.480. The molecule has 84 heavy (non-hydrogen) atoms. The lowest BCUT2D eigenvalue weighted by Gasteiger charge is -2.24. The molecule has 1 fully saturated rings. The third-order valence-electron chi connectivity index (χ3n) is 12.1. The predicted molar refractivity (Wildman–Crippen MR) is 307 cm³/mol. The Morgan fingerprint density at radius 1 is 0.869 bits per heavy atom. The third-order valence-corrected chi connectivity index (χ3v) is 18.8. The van der Waals surface area contributed by atoms with Gasteiger partial charge in [-0.2, -0.15) is 8.62 Å². The molecule has 2 amide bonds. The number of aromatic nitrogens is 2. The molecule has 6 rings (SSSR count). The summed E-state index contributed by atoms with van der Waals surface area (Å²) in [7, 11) is -14.4. The van der Waals surface area contributed by atoms with Crippen molar-refractivity contribution < 1.29 is 98.8 Å². The summed E-state index contributed by atoms with van der Waals surface area (Å²) >= 11 is 0. The minimum absolute atomic E-state index is 0.0129. The maximum Gasteiger partial charge on any atom is 0.490 e. The number of hydroxylamine groups is 1. The van der Waals surface area contributed by atoms with E-state index in [1.807, 2.05) is 65.8 Å². The van der Waals surface area contributed by atoms with Crippen molar-refractivity contribution in [1.82, 2.24) is 20.3 Å². The quantitative estimate of drug-likeness (QED) is 0.00589. The van der Waals surface area contributed by atoms with E-state index in [0.29, 0.717) is 46.5 Å². The predicted octanol–water partition coefficient (Wildman–Crippen LogP) is 5.77. The van der Waals surface area contributed by atoms with E-state index in [1.165, 1.54) is 33.7 Å². The fourth-order valence-electron chi connectivity index (χ4n) is 8.31. The second kappa shape index (κ2) is 31.0. The van der Waals surface area contributed by atoms with E-state index < -0.39 is 76.4 Å². The number of H-pyrrole nitrogens is 1. The second-order valence-electron chi connectivity index (χ2n) is 19.0. The molecule has 2 aliphatic heterocycles. The lowest BCUT2D eigenvalue weighted by molar-refractivity contribution is -0.122. The van der Waals surface area contributed by atoms with Crippen LogP contribution in [0.5, 0.6) is 0 Å². The van der Waals surface area contributed by atoms with E-state index in [9.17, 15) is 52.6 Å². The van der Waals surface area contributed by atoms with Crippen molar-refractivity contribution in [1.29, 1.82) is 0 Å². The monoisotopic (exact) mass is 1280 g/mol. The van der Waals surface area contributed by atoms with Crippen LogP contribution in [0.1, 0.15) is 78.6 Å². The Morgan fingerprint density at radius 2 is 1.57 bits per heavy atom. The molecule has 2 aromatic carbocycles. The van der Waals surface area contributed by atoms with Gasteiger partial charge in [-0.25, -0.2) is 28.8 Å². The molecular formula is C50H67N6O23P3S2. The first-order valence-electron chi connectivity index (χ1n) is 25.9. The molecule has 29 nitrogen and oxygen atoms in total. The van der Waals surface area contributed by atoms with Gasteiger partial charge in [0.1, 0.15) is 29.6 Å². The largest absolute Gasteiger partial charge is 0.490 e. The van der Waals surface area contributed by atoms with E-state index in [2.05, 4.69) is 34.7 Å². The number of anilines is 1. The summed E-state index contributed by atoms with van der Waals surface area (Å²) in [4.78, 5) is 112. The summed E-state index contributed by atoms with van der Waals surface area (Å²) in [6.45, 7) is 13.3. The van der Waals surface area contributed by atoms with Crippen molar-refractivity contribution in [2.24, 2.45) is 4.99 Å². The molecule has 0 saturated carbocycles. The zero-order valence-corrected chi connectivity index (χ0v) is 50.8. The van der Waals surface area contributed by atoms with Gasteiger partial charge in [-0.3, -0.25) is 38.3 Å². The minimum atomic E-state index is -5.79. The number of hydrogen-bond donors (Lipinski definition) is 9. The number of phosphoric ester groups is 1. The number of aryl methyl sites for hydroxylation is 2. The molecule has 0 radical (unpaired) electrons. The molecule has 34 heteroatoms. The number of carbonyl (C=O) groups excluding carboxylic acids is 2. The van der Waals surface area contributed by atoms with E-state index in [4.69, 9.17) is 47.2 Å². The van der Waals surface area contributed by atoms with Crippen LogP contribution >= 0.6 is 45.1 Å². The Balaban J connectivity index is 0.854. The number of aromatic carboxylic acids is 1. The van der Waals surface area contributed by atoms with Crippen molar-refractivity contribution in [3.63, 3.8) is 0 Å². The summed E-state index contributed by atoms with van der Waals surface area (Å²) in [6.07, 6.45) is -2.09. The van der Waals surface area contributed by atoms with Gasteiger partial charge < -0.3 is 63.4 Å². The number of rotatable bonds is 34. The average molecular weight is 1280 g/mol. The van der Waals surface area contributed by atoms with E-state index in [1.54, 1.807) is 6.07 Å². The molecule has 1 aromatic heterocycles. The van der Waals surface area contributed by atoms with E-state index in [0.717, 1.165) is 39.0 Å². The number of carboxylic acid groups (broad SMARTS) is 1. The first-order valence-corrected chi connectivity index (χ1v) is 32.8. The Bertz CT molecular complexity index is 3430. The van der Waals surface area contributed by atoms with Crippen LogP contribution in [-0.2, 0) is 60.2 Å². The zero-order chi connectivity index (χ0) is 61.4. The van der Waals surface area contributed by atoms with Crippen LogP contribution in [0, 0.1) is 13.8 Å². The van der Waals surface area contributed by atoms with Gasteiger partial charge in [-0.1, -0.05) is 27.7 Å². The molecule has 3 unspecified atom stereocenters. The average Bonchev–Trinajstić information content (AvgIpc) is 4.00. The van der Waals surface area contributed by atoms with Crippen LogP contribution in [0.15, 0.2) is 73.7 Å². The van der Waals surface area contributed by atoms with Gasteiger partial charge in [0.2, 0.25) is 5.91 Å². The van der Waals surface area contributed by atoms with Crippen LogP contribution in [0.3, 0.4) is 0 Å². The van der Waals surface area contributed by atoms with Gasteiger partial charge in [0, 0.05) is 89.4 Å². The van der Waals surface area contributed by atoms with Crippen molar-refractivity contribution in [3.8, 4) is 22.5 Å². The van der Waals surface area contributed by atoms with Crippen LogP contribution in [-0.4, -0.2) is 147 Å². The topological polar surface area (TPSA) is 403 Å². The molecule has 0 bridgehead atoms. The summed E-state index contributed by atoms with van der Waals surface area (Å²) in [6, 6.07) is 13.2. The molecule has 3 aliphatic rings. The highest BCUT2D eigenvalue weighted by molar-refractivity contribution is 8.77. The smallest absolute Gasteiger partial charge is 0.478 e. The van der Waals surface area contributed by atoms with Crippen LogP contribution in [0.25, 0.3) is 33.4 Å². The van der Waals surface area contributed by atoms with Crippen LogP contribution in [0.2, 0.25) is 0 Å². The van der Waals surface area contributed by atoms with Crippen molar-refractivity contribution >= 4 is 79.5 Å². The Hall–Kier alpha value is -5.11. The van der Waals surface area contributed by atoms with E-state index >= 15 is 0 Å². The lowest BCUT2D eigenvalue weighted by atomic mass is 9.88. The maximum absolute atomic E-state index is 13.2. The van der Waals surface area contributed by atoms with Crippen molar-refractivity contribution in [2.75, 3.05) is 83.7 Å². The molecule has 0 spiro atoms. The number of amides is 2. The number of nitrogens with zero attached hydrogens (tertiary/aromatic N) is 2. The highest BCUT2D eigenvalue weighted by Gasteiger charge is 2.44. The van der Waals surface area contributed by atoms with Gasteiger partial charge in [-0.15, -0.1) is 0 Å². The molecule has 3 heterocycles. The molecule has 5 atom stereocenters. The van der Waals surface area contributed by atoms with Gasteiger partial charge in [0.15, 0.2) is 0 Å². The number of carbonyl (C=O) groups is 3. The number of carboxylic acids is 1. The normalized spacial score (nSPS) is 17.3. The summed E-state index contributed by atoms with van der Waals surface area (Å²) in [5, 5.41) is 18.2. The van der Waals surface area contributed by atoms with Gasteiger partial charge in [0.25, 0.3) is 11.5 Å². The second-order valence-corrected chi connectivity index (χ2v) is 26.4. The van der Waals surface area contributed by atoms with Crippen LogP contribution < -0.4 is 32.7 Å². The summed E-state index contributed by atoms with van der Waals surface area (Å²) in [5.74, 6) is -1.64. The third kappa shape index (κ3) is 20.5. The number of ether oxygens (including phenoxy) is 5. The maximum atomic E-state index is 13.2. The van der Waals surface area contributed by atoms with E-state index in [-0.39, 0.29) is 88.6 Å². The summed E-state index contributed by atoms with van der Waals surface area (Å²) in [5.41, 5.74) is 5.80. The molecule has 1 aliphatic carbocycles. The van der Waals surface area contributed by atoms with Crippen LogP contribution in [0.4, 0.5) is 5.69 Å². The minimum Gasteiger partial charge on any atom is -0.478 e. The molecule has 462 valence electrons. The Labute approximate surface area is 488 Å². The number of phosphoric acid groups is 3. The molecular weight excluding hydrogens is 1210 g/mol. The van der Waals surface area contributed by atoms with Gasteiger partial charge >= 0.3 is 35.1 Å². The van der Waals surface area contributed by atoms with Gasteiger partial charge in [0.05, 0.1) is 69.9 Å². The Kier molecular flexibility index (Phi) is 25.1. The Morgan fingerprint density at radius 3 is 2.24 bits per heavy atom. The standard InChI is InChI=1S/C50H67N6O23P3S2/c1-7-51-37-24-39-35(21-30(37)3)46(36-22-31(4)38(52-8-2)25-40(36)76-39)33-10-9-32(23-34(33)48(60)61)47(59)55-74-20-19-72-18-17-71-16-15-70-14-12-43(57)53-28-50(5,6)84-83-29-73-41-26-45(56-13-11-44(58)54-49(56)62)77-42(41)27-75-81(66,67)79-82(68,69)78-80(63,64)65/h9-11,13,21-25,41-42,45,51H,7-8,12,14-20,26-29H2,1-6H3,(H,53,57)(H,55,59)(H,60,61)(H,66,67)(H,68,69)(H,54,58,62)(H2,63,64,65)/t41?,42-,45-/m1/s1. The van der Waals surface area contributed by atoms with Gasteiger partial charge in [-0.05, 0) is 82.5 Å². The van der Waals surface area contributed by atoms with Crippen molar-refractivity contribution in [3.05, 3.63) is 103 Å². The first-order chi connectivity index (χ1) is 39.7. The highest BCUT2D eigenvalue weighted by Crippen LogP contribution is 2.66.